The quantitative estimate of drug-likeness (QED) is 0.785. The average Bonchev–Trinajstić information content (AvgIpc) is 2.42. The Labute approximate surface area is 126 Å². The molecule has 0 radical (unpaired) electrons. The number of esters is 1. The molecule has 1 unspecified atom stereocenters. The molecule has 1 aliphatic rings. The fourth-order valence-electron chi connectivity index (χ4n) is 2.21. The van der Waals surface area contributed by atoms with E-state index in [1.165, 1.54) is 19.2 Å². The molecule has 1 aliphatic heterocycles. The molecule has 1 heterocycles. The van der Waals surface area contributed by atoms with E-state index in [9.17, 15) is 9.18 Å². The smallest absolute Gasteiger partial charge is 0.308 e. The van der Waals surface area contributed by atoms with E-state index in [1.807, 2.05) is 0 Å². The third kappa shape index (κ3) is 4.26. The SMILES string of the molecule is COC(=O)CC1CN(Cc2ccc(F)cc2Br)CCO1. The van der Waals surface area contributed by atoms with Gasteiger partial charge in [0.1, 0.15) is 5.82 Å². The number of halogens is 2. The van der Waals surface area contributed by atoms with Crippen LogP contribution < -0.4 is 0 Å². The summed E-state index contributed by atoms with van der Waals surface area (Å²) in [5.74, 6) is -0.522. The van der Waals surface area contributed by atoms with Crippen molar-refractivity contribution < 1.29 is 18.7 Å². The summed E-state index contributed by atoms with van der Waals surface area (Å²) in [6.45, 7) is 2.74. The van der Waals surface area contributed by atoms with Crippen molar-refractivity contribution >= 4 is 21.9 Å². The third-order valence-corrected chi connectivity index (χ3v) is 3.99. The summed E-state index contributed by atoms with van der Waals surface area (Å²) in [6, 6.07) is 4.68. The van der Waals surface area contributed by atoms with Gasteiger partial charge in [-0.2, -0.15) is 0 Å². The molecule has 0 spiro atoms. The maximum absolute atomic E-state index is 13.1. The van der Waals surface area contributed by atoms with Gasteiger partial charge in [0.15, 0.2) is 0 Å². The van der Waals surface area contributed by atoms with E-state index >= 15 is 0 Å². The monoisotopic (exact) mass is 345 g/mol. The first kappa shape index (κ1) is 15.4. The first-order chi connectivity index (χ1) is 9.58. The first-order valence-electron chi connectivity index (χ1n) is 6.43. The molecule has 6 heteroatoms. The normalized spacial score (nSPS) is 19.9. The van der Waals surface area contributed by atoms with Crippen molar-refractivity contribution in [3.05, 3.63) is 34.1 Å². The second-order valence-electron chi connectivity index (χ2n) is 4.74. The lowest BCUT2D eigenvalue weighted by molar-refractivity contribution is -0.145. The molecule has 20 heavy (non-hydrogen) atoms. The van der Waals surface area contributed by atoms with E-state index < -0.39 is 0 Å². The van der Waals surface area contributed by atoms with E-state index in [-0.39, 0.29) is 24.3 Å². The highest BCUT2D eigenvalue weighted by atomic mass is 79.9. The minimum absolute atomic E-state index is 0.143. The van der Waals surface area contributed by atoms with Gasteiger partial charge in [-0.1, -0.05) is 22.0 Å². The molecule has 110 valence electrons. The summed E-state index contributed by atoms with van der Waals surface area (Å²) in [5, 5.41) is 0. The standard InChI is InChI=1S/C14H17BrFNO3/c1-19-14(18)7-12-9-17(4-5-20-12)8-10-2-3-11(16)6-13(10)15/h2-3,6,12H,4-5,7-9H2,1H3. The molecule has 0 N–H and O–H groups in total. The first-order valence-corrected chi connectivity index (χ1v) is 7.22. The summed E-state index contributed by atoms with van der Waals surface area (Å²) in [5.41, 5.74) is 1.02. The Kier molecular flexibility index (Phi) is 5.51. The van der Waals surface area contributed by atoms with Crippen LogP contribution >= 0.6 is 15.9 Å². The van der Waals surface area contributed by atoms with Crippen LogP contribution in [0, 0.1) is 5.82 Å². The van der Waals surface area contributed by atoms with Crippen molar-refractivity contribution in [2.24, 2.45) is 0 Å². The number of morpholine rings is 1. The average molecular weight is 346 g/mol. The molecule has 0 bridgehead atoms. The van der Waals surface area contributed by atoms with Crippen LogP contribution in [0.2, 0.25) is 0 Å². The number of rotatable bonds is 4. The molecule has 0 saturated carbocycles. The number of methoxy groups -OCH3 is 1. The molecule has 0 amide bonds. The number of ether oxygens (including phenoxy) is 2. The van der Waals surface area contributed by atoms with E-state index in [1.54, 1.807) is 6.07 Å². The largest absolute Gasteiger partial charge is 0.469 e. The van der Waals surface area contributed by atoms with Gasteiger partial charge in [0.2, 0.25) is 0 Å². The van der Waals surface area contributed by atoms with Crippen molar-refractivity contribution in [2.75, 3.05) is 26.8 Å². The number of carbonyl (C=O) groups excluding carboxylic acids is 1. The Balaban J connectivity index is 1.94. The second-order valence-corrected chi connectivity index (χ2v) is 5.60. The molecule has 1 aromatic rings. The van der Waals surface area contributed by atoms with Crippen LogP contribution in [-0.4, -0.2) is 43.8 Å². The summed E-state index contributed by atoms with van der Waals surface area (Å²) in [7, 11) is 1.37. The van der Waals surface area contributed by atoms with E-state index in [2.05, 4.69) is 25.6 Å². The lowest BCUT2D eigenvalue weighted by atomic mass is 10.1. The molecule has 1 fully saturated rings. The zero-order valence-electron chi connectivity index (χ0n) is 11.3. The molecule has 2 rings (SSSR count). The van der Waals surface area contributed by atoms with Gasteiger partial charge in [-0.05, 0) is 17.7 Å². The minimum Gasteiger partial charge on any atom is -0.469 e. The lowest BCUT2D eigenvalue weighted by Gasteiger charge is -2.32. The predicted molar refractivity (Wildman–Crippen MR) is 75.8 cm³/mol. The van der Waals surface area contributed by atoms with Gasteiger partial charge in [0.25, 0.3) is 0 Å². The van der Waals surface area contributed by atoms with Gasteiger partial charge in [0.05, 0.1) is 26.2 Å². The summed E-state index contributed by atoms with van der Waals surface area (Å²) >= 11 is 3.37. The number of hydrogen-bond donors (Lipinski definition) is 0. The van der Waals surface area contributed by atoms with Crippen LogP contribution in [0.15, 0.2) is 22.7 Å². The maximum atomic E-state index is 13.1. The van der Waals surface area contributed by atoms with Crippen molar-refractivity contribution in [2.45, 2.75) is 19.1 Å². The lowest BCUT2D eigenvalue weighted by Crippen LogP contribution is -2.42. The second kappa shape index (κ2) is 7.15. The third-order valence-electron chi connectivity index (χ3n) is 3.25. The zero-order valence-corrected chi connectivity index (χ0v) is 12.9. The fraction of sp³-hybridized carbons (Fsp3) is 0.500. The van der Waals surface area contributed by atoms with Gasteiger partial charge in [-0.25, -0.2) is 4.39 Å². The Bertz CT molecular complexity index is 483. The van der Waals surface area contributed by atoms with Crippen LogP contribution in [-0.2, 0) is 20.8 Å². The Morgan fingerprint density at radius 3 is 3.10 bits per heavy atom. The number of hydrogen-bond acceptors (Lipinski definition) is 4. The van der Waals surface area contributed by atoms with Crippen LogP contribution in [0.4, 0.5) is 4.39 Å². The van der Waals surface area contributed by atoms with E-state index in [4.69, 9.17) is 4.74 Å². The molecule has 0 aliphatic carbocycles. The summed E-state index contributed by atoms with van der Waals surface area (Å²) in [6.07, 6.45) is 0.118. The highest BCUT2D eigenvalue weighted by Crippen LogP contribution is 2.21. The summed E-state index contributed by atoms with van der Waals surface area (Å²) in [4.78, 5) is 13.5. The van der Waals surface area contributed by atoms with Gasteiger partial charge in [-0.3, -0.25) is 9.69 Å². The topological polar surface area (TPSA) is 38.8 Å². The fourth-order valence-corrected chi connectivity index (χ4v) is 2.68. The van der Waals surface area contributed by atoms with Gasteiger partial charge in [0, 0.05) is 24.1 Å². The zero-order chi connectivity index (χ0) is 14.5. The van der Waals surface area contributed by atoms with Crippen molar-refractivity contribution in [3.63, 3.8) is 0 Å². The van der Waals surface area contributed by atoms with Gasteiger partial charge < -0.3 is 9.47 Å². The molecule has 1 saturated heterocycles. The summed E-state index contributed by atoms with van der Waals surface area (Å²) < 4.78 is 24.0. The van der Waals surface area contributed by atoms with Gasteiger partial charge in [-0.15, -0.1) is 0 Å². The molecule has 4 nitrogen and oxygen atoms in total. The maximum Gasteiger partial charge on any atom is 0.308 e. The highest BCUT2D eigenvalue weighted by Gasteiger charge is 2.23. The Hall–Kier alpha value is -0.980. The van der Waals surface area contributed by atoms with Gasteiger partial charge >= 0.3 is 5.97 Å². The van der Waals surface area contributed by atoms with E-state index in [0.717, 1.165) is 16.6 Å². The minimum atomic E-state index is -0.264. The molecular formula is C14H17BrFNO3. The van der Waals surface area contributed by atoms with Crippen molar-refractivity contribution in [1.82, 2.24) is 4.90 Å². The van der Waals surface area contributed by atoms with Crippen LogP contribution in [0.5, 0.6) is 0 Å². The van der Waals surface area contributed by atoms with Crippen LogP contribution in [0.3, 0.4) is 0 Å². The van der Waals surface area contributed by atoms with Crippen LogP contribution in [0.1, 0.15) is 12.0 Å². The molecule has 1 atom stereocenters. The number of benzene rings is 1. The predicted octanol–water partition coefficient (Wildman–Crippen LogP) is 2.35. The number of nitrogens with zero attached hydrogens (tertiary/aromatic N) is 1. The molecule has 0 aromatic heterocycles. The molecule has 1 aromatic carbocycles. The highest BCUT2D eigenvalue weighted by molar-refractivity contribution is 9.10. The number of carbonyl (C=O) groups is 1. The van der Waals surface area contributed by atoms with Crippen LogP contribution in [0.25, 0.3) is 0 Å². The van der Waals surface area contributed by atoms with E-state index in [0.29, 0.717) is 19.7 Å². The van der Waals surface area contributed by atoms with Crippen molar-refractivity contribution in [3.8, 4) is 0 Å². The Morgan fingerprint density at radius 2 is 2.40 bits per heavy atom. The van der Waals surface area contributed by atoms with Crippen molar-refractivity contribution in [1.29, 1.82) is 0 Å². The molecular weight excluding hydrogens is 329 g/mol. The Morgan fingerprint density at radius 1 is 1.60 bits per heavy atom.